The summed E-state index contributed by atoms with van der Waals surface area (Å²) in [6, 6.07) is 6.92. The first kappa shape index (κ1) is 19.9. The van der Waals surface area contributed by atoms with Crippen molar-refractivity contribution in [1.82, 2.24) is 4.57 Å². The van der Waals surface area contributed by atoms with Gasteiger partial charge in [0.2, 0.25) is 12.5 Å². The van der Waals surface area contributed by atoms with Gasteiger partial charge in [-0.25, -0.2) is 0 Å². The molecule has 2 aromatic carbocycles. The Morgan fingerprint density at radius 2 is 1.57 bits per heavy atom. The Morgan fingerprint density at radius 1 is 0.967 bits per heavy atom. The molecule has 8 heteroatoms. The maximum Gasteiger partial charge on any atom is 0.231 e. The second-order valence-corrected chi connectivity index (χ2v) is 7.41. The monoisotopic (exact) mass is 413 g/mol. The van der Waals surface area contributed by atoms with Crippen LogP contribution in [0.4, 0.5) is 0 Å². The van der Waals surface area contributed by atoms with E-state index in [9.17, 15) is 9.90 Å². The molecule has 0 saturated carbocycles. The van der Waals surface area contributed by atoms with Crippen molar-refractivity contribution in [2.24, 2.45) is 0 Å². The fraction of sp³-hybridized carbons (Fsp3) is 0.318. The van der Waals surface area contributed by atoms with E-state index in [1.165, 1.54) is 21.3 Å². The minimum atomic E-state index is -1.36. The normalized spacial score (nSPS) is 12.9. The van der Waals surface area contributed by atoms with E-state index in [0.717, 1.165) is 0 Å². The summed E-state index contributed by atoms with van der Waals surface area (Å²) in [5.74, 6) is 2.41. The Balaban J connectivity index is 2.10. The second kappa shape index (κ2) is 7.14. The number of methoxy groups -OCH3 is 3. The van der Waals surface area contributed by atoms with Gasteiger partial charge in [0.1, 0.15) is 0 Å². The van der Waals surface area contributed by atoms with Crippen molar-refractivity contribution in [3.63, 3.8) is 0 Å². The maximum absolute atomic E-state index is 13.2. The molecule has 0 unspecified atom stereocenters. The molecule has 0 atom stereocenters. The van der Waals surface area contributed by atoms with E-state index in [1.807, 2.05) is 0 Å². The molecule has 0 radical (unpaired) electrons. The first-order valence-corrected chi connectivity index (χ1v) is 9.30. The summed E-state index contributed by atoms with van der Waals surface area (Å²) in [5.41, 5.74) is -0.156. The molecule has 8 nitrogen and oxygen atoms in total. The number of ether oxygens (including phenoxy) is 5. The van der Waals surface area contributed by atoms with Gasteiger partial charge in [-0.05, 0) is 19.9 Å². The number of nitrogens with zero attached hydrogens (tertiary/aromatic N) is 1. The number of fused-ring (bicyclic) bond motifs is 2. The SMILES string of the molecule is COc1cc(-n2cc(C(C)(C)O)c(=O)c3cc4c(cc32)OCO4)cc(OC)c1OC. The molecule has 0 aliphatic carbocycles. The van der Waals surface area contributed by atoms with Crippen molar-refractivity contribution in [2.75, 3.05) is 28.1 Å². The van der Waals surface area contributed by atoms with Crippen LogP contribution < -0.4 is 29.1 Å². The highest BCUT2D eigenvalue weighted by molar-refractivity contribution is 5.85. The minimum Gasteiger partial charge on any atom is -0.493 e. The molecule has 4 rings (SSSR count). The highest BCUT2D eigenvalue weighted by atomic mass is 16.7. The number of aliphatic hydroxyl groups is 1. The first-order chi connectivity index (χ1) is 14.3. The number of benzene rings is 2. The summed E-state index contributed by atoms with van der Waals surface area (Å²) in [7, 11) is 4.59. The smallest absolute Gasteiger partial charge is 0.231 e. The molecule has 1 aliphatic heterocycles. The average Bonchev–Trinajstić information content (AvgIpc) is 3.18. The number of hydrogen-bond donors (Lipinski definition) is 1. The van der Waals surface area contributed by atoms with Crippen LogP contribution in [0.2, 0.25) is 0 Å². The van der Waals surface area contributed by atoms with Crippen molar-refractivity contribution in [3.05, 3.63) is 46.2 Å². The summed E-state index contributed by atoms with van der Waals surface area (Å²) in [4.78, 5) is 13.2. The van der Waals surface area contributed by atoms with E-state index >= 15 is 0 Å². The zero-order valence-corrected chi connectivity index (χ0v) is 17.4. The Bertz CT molecular complexity index is 1170. The van der Waals surface area contributed by atoms with E-state index < -0.39 is 5.60 Å². The highest BCUT2D eigenvalue weighted by Crippen LogP contribution is 2.41. The lowest BCUT2D eigenvalue weighted by atomic mass is 9.97. The average molecular weight is 413 g/mol. The Labute approximate surface area is 173 Å². The van der Waals surface area contributed by atoms with E-state index in [2.05, 4.69) is 0 Å². The molecule has 0 amide bonds. The lowest BCUT2D eigenvalue weighted by Crippen LogP contribution is -2.27. The topological polar surface area (TPSA) is 88.4 Å². The van der Waals surface area contributed by atoms with Crippen LogP contribution in [-0.2, 0) is 5.60 Å². The summed E-state index contributed by atoms with van der Waals surface area (Å²) >= 11 is 0. The van der Waals surface area contributed by atoms with Crippen molar-refractivity contribution in [2.45, 2.75) is 19.4 Å². The summed E-state index contributed by atoms with van der Waals surface area (Å²) < 4.78 is 29.1. The van der Waals surface area contributed by atoms with Gasteiger partial charge >= 0.3 is 0 Å². The van der Waals surface area contributed by atoms with Crippen LogP contribution in [0, 0.1) is 0 Å². The van der Waals surface area contributed by atoms with Gasteiger partial charge in [-0.2, -0.15) is 0 Å². The molecule has 0 bridgehead atoms. The van der Waals surface area contributed by atoms with Gasteiger partial charge in [-0.3, -0.25) is 4.79 Å². The molecule has 30 heavy (non-hydrogen) atoms. The maximum atomic E-state index is 13.2. The Hall–Kier alpha value is -3.39. The van der Waals surface area contributed by atoms with Gasteiger partial charge in [-0.15, -0.1) is 0 Å². The minimum absolute atomic E-state index is 0.0857. The lowest BCUT2D eigenvalue weighted by Gasteiger charge is -2.22. The zero-order valence-electron chi connectivity index (χ0n) is 17.4. The second-order valence-electron chi connectivity index (χ2n) is 7.41. The predicted octanol–water partition coefficient (Wildman–Crippen LogP) is 2.97. The Kier molecular flexibility index (Phi) is 4.74. The van der Waals surface area contributed by atoms with E-state index in [-0.39, 0.29) is 17.8 Å². The molecule has 0 saturated heterocycles. The van der Waals surface area contributed by atoms with Gasteiger partial charge in [0, 0.05) is 30.0 Å². The van der Waals surface area contributed by atoms with Crippen molar-refractivity contribution in [1.29, 1.82) is 0 Å². The standard InChI is InChI=1S/C22H23NO7/c1-22(2,25)14-10-23(12-6-18(26-3)21(28-5)19(7-12)27-4)15-9-17-16(29-11-30-17)8-13(15)20(14)24/h6-10,25H,11H2,1-5H3. The number of hydrogen-bond acceptors (Lipinski definition) is 7. The third kappa shape index (κ3) is 3.09. The lowest BCUT2D eigenvalue weighted by molar-refractivity contribution is 0.0772. The van der Waals surface area contributed by atoms with Crippen molar-refractivity contribution in [3.8, 4) is 34.4 Å². The molecule has 158 valence electrons. The Morgan fingerprint density at radius 3 is 2.10 bits per heavy atom. The molecule has 3 aromatic rings. The highest BCUT2D eigenvalue weighted by Gasteiger charge is 2.26. The van der Waals surface area contributed by atoms with Crippen LogP contribution >= 0.6 is 0 Å². The third-order valence-electron chi connectivity index (χ3n) is 5.08. The number of aromatic nitrogens is 1. The van der Waals surface area contributed by atoms with Crippen molar-refractivity contribution >= 4 is 10.9 Å². The predicted molar refractivity (Wildman–Crippen MR) is 111 cm³/mol. The van der Waals surface area contributed by atoms with E-state index in [0.29, 0.717) is 45.3 Å². The molecule has 2 heterocycles. The molecular weight excluding hydrogens is 390 g/mol. The third-order valence-corrected chi connectivity index (χ3v) is 5.08. The summed E-state index contributed by atoms with van der Waals surface area (Å²) in [5, 5.41) is 11.0. The van der Waals surface area contributed by atoms with Crippen LogP contribution in [0.15, 0.2) is 35.3 Å². The van der Waals surface area contributed by atoms with Crippen LogP contribution in [0.3, 0.4) is 0 Å². The molecule has 0 spiro atoms. The summed E-state index contributed by atoms with van der Waals surface area (Å²) in [6.07, 6.45) is 1.62. The van der Waals surface area contributed by atoms with Crippen LogP contribution in [0.5, 0.6) is 28.7 Å². The molecular formula is C22H23NO7. The van der Waals surface area contributed by atoms with Gasteiger partial charge in [0.05, 0.1) is 43.5 Å². The van der Waals surface area contributed by atoms with Gasteiger partial charge < -0.3 is 33.4 Å². The summed E-state index contributed by atoms with van der Waals surface area (Å²) in [6.45, 7) is 3.23. The quantitative estimate of drug-likeness (QED) is 0.688. The first-order valence-electron chi connectivity index (χ1n) is 9.30. The molecule has 1 aromatic heterocycles. The van der Waals surface area contributed by atoms with Gasteiger partial charge in [-0.1, -0.05) is 0 Å². The largest absolute Gasteiger partial charge is 0.493 e. The van der Waals surface area contributed by atoms with Gasteiger partial charge in [0.15, 0.2) is 28.4 Å². The van der Waals surface area contributed by atoms with Gasteiger partial charge in [0.25, 0.3) is 0 Å². The van der Waals surface area contributed by atoms with Crippen LogP contribution in [-0.4, -0.2) is 37.8 Å². The van der Waals surface area contributed by atoms with E-state index in [4.69, 9.17) is 23.7 Å². The van der Waals surface area contributed by atoms with Crippen LogP contribution in [0.25, 0.3) is 16.6 Å². The fourth-order valence-electron chi connectivity index (χ4n) is 3.57. The van der Waals surface area contributed by atoms with Crippen molar-refractivity contribution < 1.29 is 28.8 Å². The molecule has 1 aliphatic rings. The van der Waals surface area contributed by atoms with E-state index in [1.54, 1.807) is 48.9 Å². The fourth-order valence-corrected chi connectivity index (χ4v) is 3.57. The molecule has 0 fully saturated rings. The zero-order chi connectivity index (χ0) is 21.6. The molecule has 1 N–H and O–H groups in total. The number of rotatable bonds is 5. The number of pyridine rings is 1. The van der Waals surface area contributed by atoms with Crippen LogP contribution in [0.1, 0.15) is 19.4 Å².